The molecule has 0 atom stereocenters. The minimum atomic E-state index is -4.85. The lowest BCUT2D eigenvalue weighted by Crippen LogP contribution is -2.17. The fourth-order valence-electron chi connectivity index (χ4n) is 2.69. The standard InChI is InChI=1S/C15H10F5NO3.C8H6BrF3O/c16-10-4-5-11(13(17)12(10)14(21)22)23-7-8-2-1-3-9(6-8)24-15(18,19)20;9-5-6-2-1-3-7(4-6)13-8(10,11)12/h1-6H,7H2,(H2,21,22);1-4H,5H2. The fourth-order valence-corrected chi connectivity index (χ4v) is 3.04. The molecule has 0 bridgehead atoms. The number of alkyl halides is 7. The summed E-state index contributed by atoms with van der Waals surface area (Å²) >= 11 is 3.13. The van der Waals surface area contributed by atoms with Crippen molar-refractivity contribution in [2.45, 2.75) is 24.7 Å². The molecule has 0 aliphatic rings. The molecule has 1 amide bonds. The summed E-state index contributed by atoms with van der Waals surface area (Å²) in [5, 5.41) is 0.502. The lowest BCUT2D eigenvalue weighted by molar-refractivity contribution is -0.275. The minimum absolute atomic E-state index is 0.190. The van der Waals surface area contributed by atoms with Crippen LogP contribution in [0, 0.1) is 11.6 Å². The Hall–Kier alpha value is -3.55. The summed E-state index contributed by atoms with van der Waals surface area (Å²) in [7, 11) is 0. The summed E-state index contributed by atoms with van der Waals surface area (Å²) in [6.07, 6.45) is -9.47. The van der Waals surface area contributed by atoms with Crippen molar-refractivity contribution < 1.29 is 54.1 Å². The van der Waals surface area contributed by atoms with Gasteiger partial charge >= 0.3 is 12.7 Å². The molecule has 0 heterocycles. The number of carbonyl (C=O) groups excluding carboxylic acids is 1. The zero-order chi connectivity index (χ0) is 27.8. The molecule has 3 rings (SSSR count). The molecule has 3 aromatic carbocycles. The van der Waals surface area contributed by atoms with E-state index in [0.29, 0.717) is 5.33 Å². The van der Waals surface area contributed by atoms with Crippen molar-refractivity contribution >= 4 is 21.8 Å². The van der Waals surface area contributed by atoms with Crippen molar-refractivity contribution in [1.29, 1.82) is 0 Å². The van der Waals surface area contributed by atoms with Crippen molar-refractivity contribution in [2.24, 2.45) is 5.73 Å². The molecule has 37 heavy (non-hydrogen) atoms. The van der Waals surface area contributed by atoms with Gasteiger partial charge in [-0.3, -0.25) is 4.79 Å². The van der Waals surface area contributed by atoms with Crippen molar-refractivity contribution in [1.82, 2.24) is 0 Å². The number of halogens is 9. The summed E-state index contributed by atoms with van der Waals surface area (Å²) in [6, 6.07) is 12.4. The van der Waals surface area contributed by atoms with Crippen LogP contribution in [0.15, 0.2) is 60.7 Å². The normalized spacial score (nSPS) is 11.3. The van der Waals surface area contributed by atoms with E-state index in [9.17, 15) is 39.9 Å². The molecule has 200 valence electrons. The van der Waals surface area contributed by atoms with Crippen LogP contribution in [0.4, 0.5) is 35.1 Å². The van der Waals surface area contributed by atoms with E-state index in [0.717, 1.165) is 29.8 Å². The molecule has 2 N–H and O–H groups in total. The second kappa shape index (κ2) is 12.6. The van der Waals surface area contributed by atoms with E-state index in [1.165, 1.54) is 30.3 Å². The minimum Gasteiger partial charge on any atom is -0.486 e. The number of primary amides is 1. The molecule has 0 spiro atoms. The van der Waals surface area contributed by atoms with Gasteiger partial charge in [0, 0.05) is 5.33 Å². The molecule has 5 nitrogen and oxygen atoms in total. The van der Waals surface area contributed by atoms with Gasteiger partial charge in [-0.25, -0.2) is 8.78 Å². The topological polar surface area (TPSA) is 70.8 Å². The lowest BCUT2D eigenvalue weighted by Gasteiger charge is -2.12. The second-order valence-electron chi connectivity index (χ2n) is 6.91. The Balaban J connectivity index is 0.000000312. The summed E-state index contributed by atoms with van der Waals surface area (Å²) in [5.41, 5.74) is 4.89. The third-order valence-electron chi connectivity index (χ3n) is 4.11. The number of rotatable bonds is 7. The smallest absolute Gasteiger partial charge is 0.486 e. The first-order valence-electron chi connectivity index (χ1n) is 9.84. The van der Waals surface area contributed by atoms with Crippen LogP contribution >= 0.6 is 15.9 Å². The molecule has 14 heteroatoms. The number of amides is 1. The Labute approximate surface area is 212 Å². The van der Waals surface area contributed by atoms with Gasteiger partial charge in [0.2, 0.25) is 0 Å². The van der Waals surface area contributed by atoms with Crippen LogP contribution < -0.4 is 19.9 Å². The molecule has 0 aliphatic heterocycles. The highest BCUT2D eigenvalue weighted by atomic mass is 79.9. The second-order valence-corrected chi connectivity index (χ2v) is 7.47. The summed E-state index contributed by atoms with van der Waals surface area (Å²) in [5.74, 6) is -4.87. The monoisotopic (exact) mass is 601 g/mol. The van der Waals surface area contributed by atoms with E-state index in [1.54, 1.807) is 6.07 Å². The maximum atomic E-state index is 13.9. The quantitative estimate of drug-likeness (QED) is 0.233. The van der Waals surface area contributed by atoms with Crippen LogP contribution in [0.1, 0.15) is 21.5 Å². The van der Waals surface area contributed by atoms with Crippen molar-refractivity contribution in [3.8, 4) is 17.2 Å². The third kappa shape index (κ3) is 10.1. The van der Waals surface area contributed by atoms with E-state index in [2.05, 4.69) is 25.4 Å². The van der Waals surface area contributed by atoms with Gasteiger partial charge in [0.05, 0.1) is 0 Å². The van der Waals surface area contributed by atoms with Crippen molar-refractivity contribution in [3.63, 3.8) is 0 Å². The molecule has 0 aromatic heterocycles. The van der Waals surface area contributed by atoms with E-state index in [-0.39, 0.29) is 17.9 Å². The number of ether oxygens (including phenoxy) is 3. The molecule has 0 saturated carbocycles. The van der Waals surface area contributed by atoms with Crippen LogP contribution in [-0.2, 0) is 11.9 Å². The predicted molar refractivity (Wildman–Crippen MR) is 118 cm³/mol. The highest BCUT2D eigenvalue weighted by molar-refractivity contribution is 9.08. The zero-order valence-corrected chi connectivity index (χ0v) is 19.9. The molecule has 3 aromatic rings. The number of nitrogens with two attached hydrogens (primary N) is 1. The van der Waals surface area contributed by atoms with E-state index in [4.69, 9.17) is 10.5 Å². The Bertz CT molecular complexity index is 1220. The van der Waals surface area contributed by atoms with Gasteiger partial charge in [0.25, 0.3) is 5.91 Å². The Kier molecular flexibility index (Phi) is 10.1. The number of carbonyl (C=O) groups is 1. The lowest BCUT2D eigenvalue weighted by atomic mass is 10.1. The van der Waals surface area contributed by atoms with E-state index < -0.39 is 47.3 Å². The maximum absolute atomic E-state index is 13.9. The van der Waals surface area contributed by atoms with Crippen LogP contribution in [0.2, 0.25) is 0 Å². The van der Waals surface area contributed by atoms with E-state index >= 15 is 0 Å². The molecule has 0 unspecified atom stereocenters. The fraction of sp³-hybridized carbons (Fsp3) is 0.174. The van der Waals surface area contributed by atoms with Crippen LogP contribution in [0.25, 0.3) is 0 Å². The maximum Gasteiger partial charge on any atom is 0.573 e. The van der Waals surface area contributed by atoms with E-state index in [1.807, 2.05) is 0 Å². The Morgan fingerprint density at radius 3 is 1.81 bits per heavy atom. The predicted octanol–water partition coefficient (Wildman–Crippen LogP) is 7.02. The Morgan fingerprint density at radius 1 is 0.811 bits per heavy atom. The molecule has 0 fully saturated rings. The first-order valence-corrected chi connectivity index (χ1v) is 11.0. The molecule has 0 aliphatic carbocycles. The number of hydrogen-bond acceptors (Lipinski definition) is 4. The summed E-state index contributed by atoms with van der Waals surface area (Å²) < 4.78 is 112. The molecule has 0 saturated heterocycles. The molecular weight excluding hydrogens is 586 g/mol. The van der Waals surface area contributed by atoms with Gasteiger partial charge in [-0.1, -0.05) is 40.2 Å². The highest BCUT2D eigenvalue weighted by Gasteiger charge is 2.31. The van der Waals surface area contributed by atoms with Crippen molar-refractivity contribution in [2.75, 3.05) is 0 Å². The van der Waals surface area contributed by atoms with Gasteiger partial charge in [-0.05, 0) is 47.5 Å². The number of hydrogen-bond donors (Lipinski definition) is 1. The summed E-state index contributed by atoms with van der Waals surface area (Å²) in [6.45, 7) is -0.337. The van der Waals surface area contributed by atoms with Crippen LogP contribution in [-0.4, -0.2) is 18.6 Å². The van der Waals surface area contributed by atoms with Crippen LogP contribution in [0.3, 0.4) is 0 Å². The third-order valence-corrected chi connectivity index (χ3v) is 4.76. The SMILES string of the molecule is FC(F)(F)Oc1cccc(CBr)c1.NC(=O)c1c(F)ccc(OCc2cccc(OC(F)(F)F)c2)c1F. The summed E-state index contributed by atoms with van der Waals surface area (Å²) in [4.78, 5) is 11.0. The molecular formula is C23H16BrF8NO4. The van der Waals surface area contributed by atoms with Gasteiger partial charge in [-0.2, -0.15) is 0 Å². The largest absolute Gasteiger partial charge is 0.573 e. The average molecular weight is 602 g/mol. The first kappa shape index (κ1) is 29.7. The highest BCUT2D eigenvalue weighted by Crippen LogP contribution is 2.27. The van der Waals surface area contributed by atoms with Crippen molar-refractivity contribution in [3.05, 3.63) is 89.0 Å². The average Bonchev–Trinajstić information content (AvgIpc) is 2.77. The van der Waals surface area contributed by atoms with Gasteiger partial charge in [0.15, 0.2) is 11.6 Å². The molecule has 0 radical (unpaired) electrons. The first-order chi connectivity index (χ1) is 17.2. The van der Waals surface area contributed by atoms with Gasteiger partial charge < -0.3 is 19.9 Å². The van der Waals surface area contributed by atoms with Gasteiger partial charge in [-0.15, -0.1) is 26.3 Å². The Morgan fingerprint density at radius 2 is 1.32 bits per heavy atom. The van der Waals surface area contributed by atoms with Crippen LogP contribution in [0.5, 0.6) is 17.2 Å². The number of benzene rings is 3. The van der Waals surface area contributed by atoms with Gasteiger partial charge in [0.1, 0.15) is 29.5 Å². The zero-order valence-electron chi connectivity index (χ0n) is 18.3.